The second-order valence-electron chi connectivity index (χ2n) is 9.95. The van der Waals surface area contributed by atoms with Crippen molar-refractivity contribution in [2.45, 2.75) is 63.1 Å². The molecular weight excluding hydrogens is 444 g/mol. The van der Waals surface area contributed by atoms with Crippen molar-refractivity contribution >= 4 is 5.91 Å². The van der Waals surface area contributed by atoms with E-state index in [0.29, 0.717) is 32.7 Å². The second-order valence-corrected chi connectivity index (χ2v) is 9.95. The number of β-amino-alcohol motifs (C(OH)–C–C–N with tert-alkyl or cyclic N) is 1. The van der Waals surface area contributed by atoms with Gasteiger partial charge in [0.05, 0.1) is 45.1 Å². The molecule has 0 saturated carbocycles. The first-order chi connectivity index (χ1) is 17.1. The fraction of sp³-hybridized carbons (Fsp3) is 0.536. The highest BCUT2D eigenvalue weighted by molar-refractivity contribution is 5.77. The summed E-state index contributed by atoms with van der Waals surface area (Å²) in [6, 6.07) is 16.6. The van der Waals surface area contributed by atoms with Gasteiger partial charge >= 0.3 is 0 Å². The molecule has 3 aliphatic heterocycles. The van der Waals surface area contributed by atoms with Gasteiger partial charge in [-0.05, 0) is 48.1 Å². The molecule has 0 unspecified atom stereocenters. The van der Waals surface area contributed by atoms with Gasteiger partial charge in [0.1, 0.15) is 5.75 Å². The van der Waals surface area contributed by atoms with Gasteiger partial charge in [0.25, 0.3) is 0 Å². The van der Waals surface area contributed by atoms with Gasteiger partial charge in [-0.3, -0.25) is 9.69 Å². The number of ether oxygens (including phenoxy) is 3. The summed E-state index contributed by atoms with van der Waals surface area (Å²) in [6.45, 7) is 3.44. The molecule has 0 aliphatic carbocycles. The van der Waals surface area contributed by atoms with Gasteiger partial charge in [0.2, 0.25) is 5.91 Å². The number of aliphatic hydroxyl groups excluding tert-OH is 1. The number of hydrogen-bond donors (Lipinski definition) is 1. The first-order valence-electron chi connectivity index (χ1n) is 12.7. The highest BCUT2D eigenvalue weighted by Crippen LogP contribution is 2.30. The highest BCUT2D eigenvalue weighted by Gasteiger charge is 2.38. The van der Waals surface area contributed by atoms with Crippen LogP contribution in [0.3, 0.4) is 0 Å². The Bertz CT molecular complexity index is 997. The Hall–Kier alpha value is -2.45. The van der Waals surface area contributed by atoms with Crippen LogP contribution in [0.4, 0.5) is 0 Å². The molecule has 0 bridgehead atoms. The molecular formula is C28H36N2O5. The van der Waals surface area contributed by atoms with Gasteiger partial charge in [-0.2, -0.15) is 0 Å². The first kappa shape index (κ1) is 24.3. The lowest BCUT2D eigenvalue weighted by Crippen LogP contribution is -2.55. The number of rotatable bonds is 5. The van der Waals surface area contributed by atoms with Gasteiger partial charge in [0.15, 0.2) is 0 Å². The quantitative estimate of drug-likeness (QED) is 0.710. The van der Waals surface area contributed by atoms with Gasteiger partial charge in [-0.25, -0.2) is 0 Å². The largest absolute Gasteiger partial charge is 0.497 e. The molecule has 7 heteroatoms. The third kappa shape index (κ3) is 5.86. The smallest absolute Gasteiger partial charge is 0.225 e. The molecule has 1 amide bonds. The van der Waals surface area contributed by atoms with Crippen LogP contribution in [0.5, 0.6) is 5.75 Å². The molecule has 1 N–H and O–H groups in total. The van der Waals surface area contributed by atoms with Crippen LogP contribution >= 0.6 is 0 Å². The standard InChI is InChI=1S/C28H36N2O5/c1-33-24-8-6-20(7-9-24)15-30-17-23(31)18-34-19-27-26(30)11-10-25(35-27)14-28(32)29-13-12-21-4-2-3-5-22(21)16-29/h2-9,23,25-27,31H,10-19H2,1H3/t23-,25+,26-,27+/m0/s1. The molecule has 3 heterocycles. The molecule has 0 aromatic heterocycles. The molecule has 0 radical (unpaired) electrons. The molecule has 5 rings (SSSR count). The lowest BCUT2D eigenvalue weighted by molar-refractivity contribution is -0.161. The maximum Gasteiger partial charge on any atom is 0.225 e. The molecule has 35 heavy (non-hydrogen) atoms. The molecule has 2 aromatic carbocycles. The van der Waals surface area contributed by atoms with Crippen LogP contribution in [0.25, 0.3) is 0 Å². The van der Waals surface area contributed by atoms with Crippen molar-refractivity contribution in [1.82, 2.24) is 9.80 Å². The Labute approximate surface area is 207 Å². The summed E-state index contributed by atoms with van der Waals surface area (Å²) in [4.78, 5) is 17.4. The Morgan fingerprint density at radius 2 is 1.89 bits per heavy atom. The van der Waals surface area contributed by atoms with E-state index in [2.05, 4.69) is 35.2 Å². The lowest BCUT2D eigenvalue weighted by Gasteiger charge is -2.44. The summed E-state index contributed by atoms with van der Waals surface area (Å²) in [5.41, 5.74) is 3.76. The van der Waals surface area contributed by atoms with Crippen LogP contribution in [0.15, 0.2) is 48.5 Å². The normalized spacial score (nSPS) is 27.3. The summed E-state index contributed by atoms with van der Waals surface area (Å²) >= 11 is 0. The van der Waals surface area contributed by atoms with Crippen molar-refractivity contribution in [3.05, 3.63) is 65.2 Å². The number of carbonyl (C=O) groups excluding carboxylic acids is 1. The van der Waals surface area contributed by atoms with Gasteiger partial charge in [-0.15, -0.1) is 0 Å². The van der Waals surface area contributed by atoms with Crippen LogP contribution in [0, 0.1) is 0 Å². The summed E-state index contributed by atoms with van der Waals surface area (Å²) < 4.78 is 17.5. The summed E-state index contributed by atoms with van der Waals surface area (Å²) in [6.07, 6.45) is 2.31. The highest BCUT2D eigenvalue weighted by atomic mass is 16.5. The molecule has 2 fully saturated rings. The summed E-state index contributed by atoms with van der Waals surface area (Å²) in [5, 5.41) is 10.4. The number of benzene rings is 2. The lowest BCUT2D eigenvalue weighted by atomic mass is 9.93. The number of methoxy groups -OCH3 is 1. The minimum atomic E-state index is -0.532. The van der Waals surface area contributed by atoms with E-state index >= 15 is 0 Å². The summed E-state index contributed by atoms with van der Waals surface area (Å²) in [7, 11) is 1.67. The van der Waals surface area contributed by atoms with E-state index in [0.717, 1.165) is 38.1 Å². The Morgan fingerprint density at radius 1 is 1.09 bits per heavy atom. The number of carbonyl (C=O) groups is 1. The zero-order chi connectivity index (χ0) is 24.2. The number of amides is 1. The first-order valence-corrected chi connectivity index (χ1v) is 12.7. The van der Waals surface area contributed by atoms with Crippen molar-refractivity contribution in [3.8, 4) is 5.75 Å². The van der Waals surface area contributed by atoms with Crippen LogP contribution in [-0.2, 0) is 33.8 Å². The van der Waals surface area contributed by atoms with E-state index in [1.54, 1.807) is 7.11 Å². The Morgan fingerprint density at radius 3 is 2.69 bits per heavy atom. The number of hydrogen-bond acceptors (Lipinski definition) is 6. The molecule has 2 aromatic rings. The van der Waals surface area contributed by atoms with E-state index in [-0.39, 0.29) is 24.2 Å². The summed E-state index contributed by atoms with van der Waals surface area (Å²) in [5.74, 6) is 0.999. The van der Waals surface area contributed by atoms with Crippen LogP contribution in [0.1, 0.15) is 36.0 Å². The predicted octanol–water partition coefficient (Wildman–Crippen LogP) is 2.78. The third-order valence-corrected chi connectivity index (χ3v) is 7.52. The zero-order valence-corrected chi connectivity index (χ0v) is 20.5. The predicted molar refractivity (Wildman–Crippen MR) is 132 cm³/mol. The van der Waals surface area contributed by atoms with Crippen LogP contribution < -0.4 is 4.74 Å². The van der Waals surface area contributed by atoms with Gasteiger partial charge in [-0.1, -0.05) is 36.4 Å². The van der Waals surface area contributed by atoms with Crippen molar-refractivity contribution in [2.75, 3.05) is 33.4 Å². The third-order valence-electron chi connectivity index (χ3n) is 7.52. The number of aliphatic hydroxyl groups is 1. The molecule has 2 saturated heterocycles. The number of nitrogens with zero attached hydrogens (tertiary/aromatic N) is 2. The van der Waals surface area contributed by atoms with Crippen molar-refractivity contribution < 1.29 is 24.1 Å². The van der Waals surface area contributed by atoms with Gasteiger partial charge < -0.3 is 24.2 Å². The fourth-order valence-electron chi connectivity index (χ4n) is 5.63. The second kappa shape index (κ2) is 11.1. The topological polar surface area (TPSA) is 71.5 Å². The maximum absolute atomic E-state index is 13.1. The van der Waals surface area contributed by atoms with E-state index in [1.807, 2.05) is 23.1 Å². The average molecular weight is 481 g/mol. The molecule has 3 aliphatic rings. The molecule has 188 valence electrons. The molecule has 7 nitrogen and oxygen atoms in total. The fourth-order valence-corrected chi connectivity index (χ4v) is 5.63. The van der Waals surface area contributed by atoms with Crippen LogP contribution in [-0.4, -0.2) is 78.6 Å². The average Bonchev–Trinajstić information content (AvgIpc) is 2.88. The van der Waals surface area contributed by atoms with E-state index in [1.165, 1.54) is 16.7 Å². The Kier molecular flexibility index (Phi) is 7.68. The monoisotopic (exact) mass is 480 g/mol. The van der Waals surface area contributed by atoms with Crippen molar-refractivity contribution in [2.24, 2.45) is 0 Å². The minimum Gasteiger partial charge on any atom is -0.497 e. The zero-order valence-electron chi connectivity index (χ0n) is 20.5. The van der Waals surface area contributed by atoms with Crippen molar-refractivity contribution in [1.29, 1.82) is 0 Å². The van der Waals surface area contributed by atoms with E-state index in [4.69, 9.17) is 14.2 Å². The number of fused-ring (bicyclic) bond motifs is 2. The van der Waals surface area contributed by atoms with Crippen molar-refractivity contribution in [3.63, 3.8) is 0 Å². The van der Waals surface area contributed by atoms with Gasteiger partial charge in [0, 0.05) is 32.2 Å². The van der Waals surface area contributed by atoms with E-state index < -0.39 is 6.10 Å². The van der Waals surface area contributed by atoms with E-state index in [9.17, 15) is 9.90 Å². The molecule has 0 spiro atoms. The maximum atomic E-state index is 13.1. The SMILES string of the molecule is COc1ccc(CN2C[C@H](O)COC[C@H]3O[C@@H](CC(=O)N4CCc5ccccc5C4)CC[C@@H]32)cc1. The minimum absolute atomic E-state index is 0.100. The Balaban J connectivity index is 1.21. The van der Waals surface area contributed by atoms with Crippen LogP contribution in [0.2, 0.25) is 0 Å². The molecule has 4 atom stereocenters.